The number of aliphatic carboxylic acids is 1. The van der Waals surface area contributed by atoms with Crippen LogP contribution in [0.1, 0.15) is 12.8 Å². The van der Waals surface area contributed by atoms with Crippen molar-refractivity contribution in [1.29, 1.82) is 0 Å². The van der Waals surface area contributed by atoms with Gasteiger partial charge >= 0.3 is 11.9 Å². The molecular weight excluding hydrogens is 268 g/mol. The van der Waals surface area contributed by atoms with E-state index in [1.807, 2.05) is 0 Å². The van der Waals surface area contributed by atoms with E-state index in [0.29, 0.717) is 11.1 Å². The van der Waals surface area contributed by atoms with Gasteiger partial charge in [-0.2, -0.15) is 0 Å². The number of allylic oxidation sites excluding steroid dienone is 7. The maximum absolute atomic E-state index is 11.4. The molecule has 0 aromatic carbocycles. The predicted octanol–water partition coefficient (Wildman–Crippen LogP) is 3.36. The van der Waals surface area contributed by atoms with Crippen molar-refractivity contribution in [2.24, 2.45) is 0 Å². The molecule has 0 aromatic rings. The zero-order valence-electron chi connectivity index (χ0n) is 12.0. The van der Waals surface area contributed by atoms with Crippen LogP contribution in [0.25, 0.3) is 0 Å². The van der Waals surface area contributed by atoms with Crippen molar-refractivity contribution in [2.45, 2.75) is 12.8 Å². The molecule has 0 radical (unpaired) electrons. The van der Waals surface area contributed by atoms with Crippen LogP contribution in [-0.2, 0) is 14.3 Å². The lowest BCUT2D eigenvalue weighted by atomic mass is 10.1. The number of rotatable bonds is 10. The molecule has 0 aliphatic heterocycles. The number of carbonyl (C=O) groups is 2. The van der Waals surface area contributed by atoms with Crippen molar-refractivity contribution in [2.75, 3.05) is 6.61 Å². The first-order valence-corrected chi connectivity index (χ1v) is 6.27. The molecular formula is C17H20O4. The van der Waals surface area contributed by atoms with E-state index >= 15 is 0 Å². The number of hydrogen-bond acceptors (Lipinski definition) is 3. The zero-order valence-corrected chi connectivity index (χ0v) is 12.0. The Bertz CT molecular complexity index is 507. The van der Waals surface area contributed by atoms with Crippen LogP contribution in [0.4, 0.5) is 0 Å². The summed E-state index contributed by atoms with van der Waals surface area (Å²) in [6, 6.07) is 0. The van der Waals surface area contributed by atoms with Crippen molar-refractivity contribution in [3.8, 4) is 0 Å². The molecule has 4 nitrogen and oxygen atoms in total. The Morgan fingerprint density at radius 2 is 1.67 bits per heavy atom. The minimum atomic E-state index is -1.01. The first-order chi connectivity index (χ1) is 9.86. The molecule has 4 heteroatoms. The van der Waals surface area contributed by atoms with Crippen LogP contribution in [0.15, 0.2) is 73.4 Å². The monoisotopic (exact) mass is 288 g/mol. The molecule has 1 N–H and O–H groups in total. The van der Waals surface area contributed by atoms with Crippen molar-refractivity contribution in [3.05, 3.63) is 73.4 Å². The third-order valence-corrected chi connectivity index (χ3v) is 2.32. The van der Waals surface area contributed by atoms with Gasteiger partial charge in [0.1, 0.15) is 6.61 Å². The summed E-state index contributed by atoms with van der Waals surface area (Å²) in [6.45, 7) is 14.8. The molecule has 0 fully saturated rings. The topological polar surface area (TPSA) is 63.6 Å². The highest BCUT2D eigenvalue weighted by molar-refractivity contribution is 5.74. The van der Waals surface area contributed by atoms with Crippen molar-refractivity contribution in [3.63, 3.8) is 0 Å². The molecule has 0 aliphatic carbocycles. The summed E-state index contributed by atoms with van der Waals surface area (Å²) in [6.07, 6.45) is 8.28. The van der Waals surface area contributed by atoms with Crippen LogP contribution in [0.2, 0.25) is 0 Å². The lowest BCUT2D eigenvalue weighted by Gasteiger charge is -2.03. The normalized spacial score (nSPS) is 10.5. The van der Waals surface area contributed by atoms with Crippen molar-refractivity contribution >= 4 is 11.9 Å². The lowest BCUT2D eigenvalue weighted by molar-refractivity contribution is -0.145. The Balaban J connectivity index is 4.21. The molecule has 0 spiro atoms. The molecule has 0 amide bonds. The number of hydrogen-bond donors (Lipinski definition) is 1. The minimum Gasteiger partial charge on any atom is -0.481 e. The standard InChI is InChI=1S/C17H20O4/c1-5-6-7-14(3)15(4)9-8-13(2)12-17(20)21-11-10-16(18)19/h5-9H,1-4,10-12H2,(H,18,19)/b7-6-,9-8-. The van der Waals surface area contributed by atoms with Gasteiger partial charge in [-0.25, -0.2) is 0 Å². The summed E-state index contributed by atoms with van der Waals surface area (Å²) in [5, 5.41) is 8.42. The van der Waals surface area contributed by atoms with Gasteiger partial charge in [0, 0.05) is 0 Å². The van der Waals surface area contributed by atoms with Gasteiger partial charge in [-0.1, -0.05) is 56.7 Å². The van der Waals surface area contributed by atoms with Crippen LogP contribution in [0.5, 0.6) is 0 Å². The summed E-state index contributed by atoms with van der Waals surface area (Å²) in [5.41, 5.74) is 1.95. The largest absolute Gasteiger partial charge is 0.481 e. The van der Waals surface area contributed by atoms with Crippen LogP contribution < -0.4 is 0 Å². The van der Waals surface area contributed by atoms with E-state index in [1.165, 1.54) is 0 Å². The number of ether oxygens (including phenoxy) is 1. The van der Waals surface area contributed by atoms with Crippen LogP contribution in [0.3, 0.4) is 0 Å². The summed E-state index contributed by atoms with van der Waals surface area (Å²) >= 11 is 0. The average molecular weight is 288 g/mol. The highest BCUT2D eigenvalue weighted by Gasteiger charge is 2.05. The number of carbonyl (C=O) groups excluding carboxylic acids is 1. The van der Waals surface area contributed by atoms with E-state index in [1.54, 1.807) is 30.4 Å². The van der Waals surface area contributed by atoms with E-state index in [4.69, 9.17) is 9.84 Å². The summed E-state index contributed by atoms with van der Waals surface area (Å²) < 4.78 is 4.75. The second-order valence-corrected chi connectivity index (χ2v) is 4.18. The Labute approximate surface area is 125 Å². The molecule has 0 heterocycles. The summed E-state index contributed by atoms with van der Waals surface area (Å²) in [4.78, 5) is 21.7. The van der Waals surface area contributed by atoms with Gasteiger partial charge in [-0.3, -0.25) is 9.59 Å². The van der Waals surface area contributed by atoms with Crippen molar-refractivity contribution < 1.29 is 19.4 Å². The summed E-state index contributed by atoms with van der Waals surface area (Å²) in [7, 11) is 0. The molecule has 0 rings (SSSR count). The van der Waals surface area contributed by atoms with Gasteiger partial charge in [0.2, 0.25) is 0 Å². The molecule has 0 bridgehead atoms. The Morgan fingerprint density at radius 3 is 2.24 bits per heavy atom. The quantitative estimate of drug-likeness (QED) is 0.494. The zero-order chi connectivity index (χ0) is 16.3. The number of carboxylic acids is 1. The maximum atomic E-state index is 11.4. The smallest absolute Gasteiger partial charge is 0.310 e. The summed E-state index contributed by atoms with van der Waals surface area (Å²) in [5.74, 6) is -1.52. The highest BCUT2D eigenvalue weighted by Crippen LogP contribution is 2.11. The van der Waals surface area contributed by atoms with Crippen molar-refractivity contribution in [1.82, 2.24) is 0 Å². The molecule has 0 atom stereocenters. The van der Waals surface area contributed by atoms with Gasteiger partial charge < -0.3 is 9.84 Å². The fourth-order valence-corrected chi connectivity index (χ4v) is 1.16. The molecule has 0 aliphatic rings. The fraction of sp³-hybridized carbons (Fsp3) is 0.176. The minimum absolute atomic E-state index is 0.00161. The fourth-order valence-electron chi connectivity index (χ4n) is 1.16. The van der Waals surface area contributed by atoms with Gasteiger partial charge in [0.05, 0.1) is 12.8 Å². The molecule has 112 valence electrons. The van der Waals surface area contributed by atoms with Gasteiger partial charge in [0.15, 0.2) is 0 Å². The predicted molar refractivity (Wildman–Crippen MR) is 83.7 cm³/mol. The van der Waals surface area contributed by atoms with Crippen LogP contribution in [-0.4, -0.2) is 23.7 Å². The first kappa shape index (κ1) is 18.4. The SMILES string of the molecule is C=C/C=C\C(=C)C(=C)/C=C\C(=C)CC(=O)OCCC(=O)O. The van der Waals surface area contributed by atoms with Gasteiger partial charge in [-0.05, 0) is 16.7 Å². The van der Waals surface area contributed by atoms with E-state index in [-0.39, 0.29) is 19.4 Å². The maximum Gasteiger partial charge on any atom is 0.310 e. The second kappa shape index (κ2) is 10.2. The van der Waals surface area contributed by atoms with Gasteiger partial charge in [-0.15, -0.1) is 0 Å². The average Bonchev–Trinajstić information content (AvgIpc) is 2.41. The van der Waals surface area contributed by atoms with Crippen LogP contribution in [0, 0.1) is 0 Å². The third-order valence-electron chi connectivity index (χ3n) is 2.32. The molecule has 0 aromatic heterocycles. The number of esters is 1. The Hall–Kier alpha value is -2.62. The third kappa shape index (κ3) is 9.90. The van der Waals surface area contributed by atoms with E-state index in [0.717, 1.165) is 5.57 Å². The highest BCUT2D eigenvalue weighted by atomic mass is 16.5. The molecule has 0 unspecified atom stereocenters. The Kier molecular flexibility index (Phi) is 8.93. The second-order valence-electron chi connectivity index (χ2n) is 4.18. The molecule has 0 saturated heterocycles. The van der Waals surface area contributed by atoms with Crippen LogP contribution >= 0.6 is 0 Å². The Morgan fingerprint density at radius 1 is 1.05 bits per heavy atom. The molecule has 21 heavy (non-hydrogen) atoms. The molecule has 0 saturated carbocycles. The van der Waals surface area contributed by atoms with E-state index in [9.17, 15) is 9.59 Å². The van der Waals surface area contributed by atoms with E-state index in [2.05, 4.69) is 26.3 Å². The van der Waals surface area contributed by atoms with E-state index < -0.39 is 11.9 Å². The first-order valence-electron chi connectivity index (χ1n) is 6.27. The lowest BCUT2D eigenvalue weighted by Crippen LogP contribution is -2.09. The number of carboxylic acid groups (broad SMARTS) is 1. The van der Waals surface area contributed by atoms with Gasteiger partial charge in [0.25, 0.3) is 0 Å².